The summed E-state index contributed by atoms with van der Waals surface area (Å²) in [7, 11) is 1.52. The van der Waals surface area contributed by atoms with Crippen molar-refractivity contribution in [2.24, 2.45) is 0 Å². The normalized spacial score (nSPS) is 17.2. The molecule has 1 saturated carbocycles. The quantitative estimate of drug-likeness (QED) is 0.861. The van der Waals surface area contributed by atoms with Crippen LogP contribution in [-0.4, -0.2) is 18.2 Å². The molecule has 4 heteroatoms. The minimum Gasteiger partial charge on any atom is -0.496 e. The summed E-state index contributed by atoms with van der Waals surface area (Å²) in [6.07, 6.45) is 1.25. The monoisotopic (exact) mass is 226 g/mol. The number of hydrogen-bond donors (Lipinski definition) is 1. The Labute approximate surface area is 92.6 Å². The van der Waals surface area contributed by atoms with E-state index in [0.717, 1.165) is 0 Å². The maximum absolute atomic E-state index is 11.2. The molecule has 15 heavy (non-hydrogen) atoms. The number of carboxylic acids is 1. The zero-order valence-electron chi connectivity index (χ0n) is 8.29. The zero-order chi connectivity index (χ0) is 11.1. The van der Waals surface area contributed by atoms with Gasteiger partial charge in [0.25, 0.3) is 0 Å². The molecule has 80 valence electrons. The largest absolute Gasteiger partial charge is 0.496 e. The van der Waals surface area contributed by atoms with Gasteiger partial charge in [-0.25, -0.2) is 0 Å². The van der Waals surface area contributed by atoms with Crippen LogP contribution >= 0.6 is 11.6 Å². The third kappa shape index (κ3) is 1.47. The number of hydrogen-bond acceptors (Lipinski definition) is 2. The standard InChI is InChI=1S/C11H11ClO3/c1-15-8-4-2-3-7(12)9(8)11(5-6-11)10(13)14/h2-4H,5-6H2,1H3,(H,13,14). The second kappa shape index (κ2) is 3.42. The van der Waals surface area contributed by atoms with Gasteiger partial charge in [0.15, 0.2) is 0 Å². The molecule has 0 aliphatic heterocycles. The predicted octanol–water partition coefficient (Wildman–Crippen LogP) is 2.46. The van der Waals surface area contributed by atoms with Gasteiger partial charge in [-0.3, -0.25) is 4.79 Å². The lowest BCUT2D eigenvalue weighted by molar-refractivity contribution is -0.140. The Hall–Kier alpha value is -1.22. The molecule has 1 N–H and O–H groups in total. The van der Waals surface area contributed by atoms with Gasteiger partial charge in [-0.1, -0.05) is 17.7 Å². The van der Waals surface area contributed by atoms with Crippen LogP contribution in [0.1, 0.15) is 18.4 Å². The van der Waals surface area contributed by atoms with Gasteiger partial charge in [0.1, 0.15) is 5.75 Å². The van der Waals surface area contributed by atoms with Gasteiger partial charge in [0, 0.05) is 10.6 Å². The van der Waals surface area contributed by atoms with E-state index < -0.39 is 11.4 Å². The highest BCUT2D eigenvalue weighted by atomic mass is 35.5. The molecule has 1 aliphatic carbocycles. The molecule has 1 aromatic carbocycles. The van der Waals surface area contributed by atoms with Crippen molar-refractivity contribution in [3.8, 4) is 5.75 Å². The third-order valence-electron chi connectivity index (χ3n) is 2.83. The van der Waals surface area contributed by atoms with Gasteiger partial charge in [-0.2, -0.15) is 0 Å². The minimum absolute atomic E-state index is 0.467. The summed E-state index contributed by atoms with van der Waals surface area (Å²) in [6, 6.07) is 5.19. The van der Waals surface area contributed by atoms with Gasteiger partial charge in [-0.15, -0.1) is 0 Å². The number of ether oxygens (including phenoxy) is 1. The molecule has 0 atom stereocenters. The summed E-state index contributed by atoms with van der Waals surface area (Å²) >= 11 is 6.03. The first-order valence-electron chi connectivity index (χ1n) is 4.68. The maximum Gasteiger partial charge on any atom is 0.314 e. The molecule has 0 heterocycles. The molecule has 2 rings (SSSR count). The summed E-state index contributed by atoms with van der Waals surface area (Å²) in [5, 5.41) is 9.65. The van der Waals surface area contributed by atoms with Crippen LogP contribution in [0.25, 0.3) is 0 Å². The third-order valence-corrected chi connectivity index (χ3v) is 3.15. The Balaban J connectivity index is 2.56. The van der Waals surface area contributed by atoms with Crippen LogP contribution in [0, 0.1) is 0 Å². The summed E-state index contributed by atoms with van der Waals surface area (Å²) in [5.41, 5.74) is -0.203. The van der Waals surface area contributed by atoms with Crippen molar-refractivity contribution >= 4 is 17.6 Å². The Bertz CT molecular complexity index is 410. The SMILES string of the molecule is COc1cccc(Cl)c1C1(C(=O)O)CC1. The van der Waals surface area contributed by atoms with Crippen LogP contribution < -0.4 is 4.74 Å². The lowest BCUT2D eigenvalue weighted by Crippen LogP contribution is -2.20. The Morgan fingerprint density at radius 1 is 1.53 bits per heavy atom. The zero-order valence-corrected chi connectivity index (χ0v) is 9.04. The first-order chi connectivity index (χ1) is 7.12. The van der Waals surface area contributed by atoms with E-state index in [4.69, 9.17) is 16.3 Å². The number of benzene rings is 1. The van der Waals surface area contributed by atoms with E-state index >= 15 is 0 Å². The van der Waals surface area contributed by atoms with Crippen molar-refractivity contribution in [3.63, 3.8) is 0 Å². The highest BCUT2D eigenvalue weighted by Gasteiger charge is 2.54. The van der Waals surface area contributed by atoms with Gasteiger partial charge >= 0.3 is 5.97 Å². The number of rotatable bonds is 3. The van der Waals surface area contributed by atoms with Crippen LogP contribution in [0.2, 0.25) is 5.02 Å². The van der Waals surface area contributed by atoms with Crippen LogP contribution in [0.5, 0.6) is 5.75 Å². The lowest BCUT2D eigenvalue weighted by Gasteiger charge is -2.16. The Morgan fingerprint density at radius 2 is 2.20 bits per heavy atom. The van der Waals surface area contributed by atoms with E-state index in [1.807, 2.05) is 0 Å². The summed E-state index contributed by atoms with van der Waals surface area (Å²) in [6.45, 7) is 0. The molecule has 0 unspecified atom stereocenters. The first-order valence-corrected chi connectivity index (χ1v) is 5.06. The number of carboxylic acid groups (broad SMARTS) is 1. The Morgan fingerprint density at radius 3 is 2.67 bits per heavy atom. The second-order valence-electron chi connectivity index (χ2n) is 3.70. The van der Waals surface area contributed by atoms with Crippen LogP contribution in [0.4, 0.5) is 0 Å². The molecule has 0 saturated heterocycles. The number of methoxy groups -OCH3 is 1. The van der Waals surface area contributed by atoms with Crippen LogP contribution in [0.15, 0.2) is 18.2 Å². The van der Waals surface area contributed by atoms with E-state index in [2.05, 4.69) is 0 Å². The van der Waals surface area contributed by atoms with Gasteiger partial charge in [0.05, 0.1) is 12.5 Å². The van der Waals surface area contributed by atoms with Crippen molar-refractivity contribution in [2.75, 3.05) is 7.11 Å². The molecule has 0 aromatic heterocycles. The number of aliphatic carboxylic acids is 1. The van der Waals surface area contributed by atoms with Crippen molar-refractivity contribution in [1.29, 1.82) is 0 Å². The molecular formula is C11H11ClO3. The van der Waals surface area contributed by atoms with E-state index in [1.165, 1.54) is 7.11 Å². The smallest absolute Gasteiger partial charge is 0.314 e. The maximum atomic E-state index is 11.2. The first kappa shape index (κ1) is 10.3. The topological polar surface area (TPSA) is 46.5 Å². The van der Waals surface area contributed by atoms with E-state index in [1.54, 1.807) is 18.2 Å². The fourth-order valence-corrected chi connectivity index (χ4v) is 2.18. The summed E-state index contributed by atoms with van der Waals surface area (Å²) < 4.78 is 5.15. The van der Waals surface area contributed by atoms with Gasteiger partial charge in [0.2, 0.25) is 0 Å². The molecule has 0 radical (unpaired) electrons. The van der Waals surface area contributed by atoms with Gasteiger partial charge in [-0.05, 0) is 25.0 Å². The molecule has 1 fully saturated rings. The summed E-state index contributed by atoms with van der Waals surface area (Å²) in [5.74, 6) is -0.267. The molecule has 3 nitrogen and oxygen atoms in total. The van der Waals surface area contributed by atoms with Crippen LogP contribution in [0.3, 0.4) is 0 Å². The molecule has 0 spiro atoms. The predicted molar refractivity (Wildman–Crippen MR) is 56.6 cm³/mol. The van der Waals surface area contributed by atoms with Crippen molar-refractivity contribution in [2.45, 2.75) is 18.3 Å². The average molecular weight is 227 g/mol. The summed E-state index contributed by atoms with van der Waals surface area (Å²) in [4.78, 5) is 11.2. The number of carbonyl (C=O) groups is 1. The highest BCUT2D eigenvalue weighted by Crippen LogP contribution is 2.53. The van der Waals surface area contributed by atoms with Gasteiger partial charge < -0.3 is 9.84 Å². The average Bonchev–Trinajstić information content (AvgIpc) is 2.98. The minimum atomic E-state index is -0.825. The molecule has 1 aromatic rings. The molecule has 0 amide bonds. The van der Waals surface area contributed by atoms with Crippen molar-refractivity contribution in [1.82, 2.24) is 0 Å². The molecule has 0 bridgehead atoms. The molecular weight excluding hydrogens is 216 g/mol. The second-order valence-corrected chi connectivity index (χ2v) is 4.11. The fraction of sp³-hybridized carbons (Fsp3) is 0.364. The van der Waals surface area contributed by atoms with E-state index in [9.17, 15) is 9.90 Å². The van der Waals surface area contributed by atoms with Crippen molar-refractivity contribution in [3.05, 3.63) is 28.8 Å². The molecule has 1 aliphatic rings. The van der Waals surface area contributed by atoms with Crippen LogP contribution in [-0.2, 0) is 10.2 Å². The Kier molecular flexibility index (Phi) is 2.35. The highest BCUT2D eigenvalue weighted by molar-refractivity contribution is 6.32. The van der Waals surface area contributed by atoms with E-state index in [-0.39, 0.29) is 0 Å². The van der Waals surface area contributed by atoms with E-state index in [0.29, 0.717) is 29.2 Å². The van der Waals surface area contributed by atoms with Crippen molar-refractivity contribution < 1.29 is 14.6 Å². The number of halogens is 1. The fourth-order valence-electron chi connectivity index (χ4n) is 1.83. The lowest BCUT2D eigenvalue weighted by atomic mass is 9.95.